The molecule has 2 aliphatic carbocycles. The predicted octanol–water partition coefficient (Wildman–Crippen LogP) is 4.29. The predicted molar refractivity (Wildman–Crippen MR) is 163 cm³/mol. The molecule has 4 aromatic rings. The number of benzene rings is 4. The largest absolute Gasteiger partial charge is 1.00 e. The van der Waals surface area contributed by atoms with Gasteiger partial charge in [-0.3, -0.25) is 0 Å². The van der Waals surface area contributed by atoms with Crippen LogP contribution < -0.4 is 24.8 Å². The molecule has 6 rings (SSSR count). The minimum atomic E-state index is -2.03. The fourth-order valence-electron chi connectivity index (χ4n) is 6.76. The smallest absolute Gasteiger partial charge is 1.00 e. The van der Waals surface area contributed by atoms with Gasteiger partial charge in [-0.25, -0.2) is 0 Å². The molecule has 0 fully saturated rings. The van der Waals surface area contributed by atoms with Crippen LogP contribution in [0.4, 0.5) is 0 Å². The number of fused-ring (bicyclic) bond motifs is 2. The zero-order valence-electron chi connectivity index (χ0n) is 23.7. The maximum absolute atomic E-state index is 2.70. The van der Waals surface area contributed by atoms with E-state index in [1.165, 1.54) is 33.4 Å². The summed E-state index contributed by atoms with van der Waals surface area (Å²) in [5.74, 6) is 5.40. The van der Waals surface area contributed by atoms with Gasteiger partial charge in [-0.15, -0.1) is 0 Å². The van der Waals surface area contributed by atoms with Gasteiger partial charge >= 0.3 is 239 Å². The van der Waals surface area contributed by atoms with Crippen molar-refractivity contribution in [3.63, 3.8) is 0 Å². The fraction of sp³-hybridized carbons (Fsp3) is 0.222. The van der Waals surface area contributed by atoms with Crippen molar-refractivity contribution in [3.8, 4) is 22.3 Å². The monoisotopic (exact) mass is 702 g/mol. The molecule has 0 spiro atoms. The summed E-state index contributed by atoms with van der Waals surface area (Å²) in [5.41, 5.74) is 15.3. The average molecular weight is 703 g/mol. The second-order valence-electron chi connectivity index (χ2n) is 10.8. The van der Waals surface area contributed by atoms with E-state index < -0.39 is 28.6 Å². The topological polar surface area (TPSA) is 0 Å². The van der Waals surface area contributed by atoms with E-state index in [2.05, 4.69) is 135 Å². The van der Waals surface area contributed by atoms with Gasteiger partial charge in [0, 0.05) is 0 Å². The van der Waals surface area contributed by atoms with Crippen molar-refractivity contribution in [3.05, 3.63) is 130 Å². The van der Waals surface area contributed by atoms with Crippen LogP contribution in [-0.2, 0) is 18.6 Å². The number of hydrogen-bond acceptors (Lipinski definition) is 0. The summed E-state index contributed by atoms with van der Waals surface area (Å²) in [4.78, 5) is 0. The standard InChI is InChI=1S/2C17H15.C2H6Ge.2ClH.Zr/c2*1-2-13-11-15-9-6-10-16(17(15)12-13)14-7-4-3-5-8-14;1-3-2;;;/h2*3-12H,2H2,1H3;1-2H3;2*1H;/q;;;;;+2/p-2. The maximum Gasteiger partial charge on any atom is -1.00 e. The van der Waals surface area contributed by atoms with Crippen molar-refractivity contribution < 1.29 is 43.4 Å². The minimum Gasteiger partial charge on any atom is -1.00 e. The summed E-state index contributed by atoms with van der Waals surface area (Å²) in [6, 6.07) is 36.4. The molecule has 0 aliphatic heterocycles. The van der Waals surface area contributed by atoms with Crippen molar-refractivity contribution in [1.29, 1.82) is 0 Å². The fourth-order valence-corrected chi connectivity index (χ4v) is 39.5. The molecule has 4 aromatic carbocycles. The summed E-state index contributed by atoms with van der Waals surface area (Å²) in [5, 5.41) is 0. The molecule has 202 valence electrons. The van der Waals surface area contributed by atoms with Crippen LogP contribution in [0.5, 0.6) is 0 Å². The Balaban J connectivity index is 0.00000185. The minimum absolute atomic E-state index is 0. The Morgan fingerprint density at radius 3 is 1.30 bits per heavy atom. The van der Waals surface area contributed by atoms with Gasteiger partial charge in [-0.2, -0.15) is 0 Å². The van der Waals surface area contributed by atoms with E-state index in [9.17, 15) is 0 Å². The van der Waals surface area contributed by atoms with Crippen LogP contribution in [0.15, 0.2) is 108 Å². The van der Waals surface area contributed by atoms with Gasteiger partial charge in [-0.1, -0.05) is 0 Å². The van der Waals surface area contributed by atoms with Crippen LogP contribution in [0.1, 0.15) is 56.2 Å². The van der Waals surface area contributed by atoms with Gasteiger partial charge in [0.05, 0.1) is 0 Å². The van der Waals surface area contributed by atoms with E-state index in [1.807, 2.05) is 0 Å². The zero-order valence-corrected chi connectivity index (χ0v) is 29.8. The Kier molecular flexibility index (Phi) is 10.6. The molecule has 2 aliphatic rings. The van der Waals surface area contributed by atoms with Crippen LogP contribution in [-0.4, -0.2) is 9.98 Å². The maximum atomic E-state index is 2.70. The first kappa shape index (κ1) is 31.3. The van der Waals surface area contributed by atoms with Gasteiger partial charge in [0.15, 0.2) is 0 Å². The van der Waals surface area contributed by atoms with Crippen LogP contribution in [0.3, 0.4) is 0 Å². The van der Waals surface area contributed by atoms with Crippen LogP contribution >= 0.6 is 0 Å². The molecule has 0 nitrogen and oxygen atoms in total. The molecule has 0 saturated carbocycles. The summed E-state index contributed by atoms with van der Waals surface area (Å²) in [7, 11) is -1.20. The average Bonchev–Trinajstić information content (AvgIpc) is 3.52. The molecule has 0 bridgehead atoms. The molecule has 4 heteroatoms. The Hall–Kier alpha value is -1.63. The third kappa shape index (κ3) is 5.57. The normalized spacial score (nSPS) is 16.4. The van der Waals surface area contributed by atoms with Gasteiger partial charge < -0.3 is 24.8 Å². The van der Waals surface area contributed by atoms with E-state index in [0.717, 1.165) is 12.8 Å². The van der Waals surface area contributed by atoms with Gasteiger partial charge in [-0.05, 0) is 0 Å². The second-order valence-corrected chi connectivity index (χ2v) is 40.0. The SMILES string of the molecule is CCC1=Cc2c(-c3ccccc3)cccc2[CH]1[Zr+2]([CH]1C(CC)=Cc2c(-c3ccccc3)cccc21)=[Ge]([CH3])[CH3].[Cl-].[Cl-]. The second kappa shape index (κ2) is 13.6. The van der Waals surface area contributed by atoms with Crippen LogP contribution in [0, 0.1) is 0 Å². The number of hydrogen-bond donors (Lipinski definition) is 0. The number of halogens is 2. The first-order valence-electron chi connectivity index (χ1n) is 14.1. The third-order valence-electron chi connectivity index (χ3n) is 8.49. The molecule has 2 atom stereocenters. The Labute approximate surface area is 261 Å². The van der Waals surface area contributed by atoms with Crippen molar-refractivity contribution in [1.82, 2.24) is 0 Å². The molecule has 40 heavy (non-hydrogen) atoms. The summed E-state index contributed by atoms with van der Waals surface area (Å²) >= 11 is -2.03. The molecule has 0 radical (unpaired) electrons. The molecular weight excluding hydrogens is 667 g/mol. The quantitative estimate of drug-likeness (QED) is 0.263. The third-order valence-corrected chi connectivity index (χ3v) is 39.2. The Bertz CT molecular complexity index is 1480. The van der Waals surface area contributed by atoms with E-state index in [-0.39, 0.29) is 24.8 Å². The molecule has 0 N–H and O–H groups in total. The number of rotatable bonds is 6. The van der Waals surface area contributed by atoms with E-state index in [4.69, 9.17) is 0 Å². The first-order valence-corrected chi connectivity index (χ1v) is 28.5. The van der Waals surface area contributed by atoms with E-state index in [1.54, 1.807) is 22.3 Å². The van der Waals surface area contributed by atoms with Crippen molar-refractivity contribution in [2.45, 2.75) is 45.5 Å². The molecule has 2 unspecified atom stereocenters. The van der Waals surface area contributed by atoms with Gasteiger partial charge in [0.1, 0.15) is 0 Å². The van der Waals surface area contributed by atoms with Crippen molar-refractivity contribution in [2.24, 2.45) is 0 Å². The molecule has 0 aromatic heterocycles. The van der Waals surface area contributed by atoms with E-state index in [0.29, 0.717) is 7.25 Å². The summed E-state index contributed by atoms with van der Waals surface area (Å²) in [6.07, 6.45) is 7.54. The van der Waals surface area contributed by atoms with Crippen LogP contribution in [0.25, 0.3) is 34.4 Å². The van der Waals surface area contributed by atoms with E-state index >= 15 is 0 Å². The van der Waals surface area contributed by atoms with Crippen molar-refractivity contribution in [2.75, 3.05) is 0 Å². The van der Waals surface area contributed by atoms with Gasteiger partial charge in [0.2, 0.25) is 0 Å². The first-order chi connectivity index (χ1) is 18.6. The molecule has 0 amide bonds. The summed E-state index contributed by atoms with van der Waals surface area (Å²) in [6.45, 7) is 4.79. The summed E-state index contributed by atoms with van der Waals surface area (Å²) < 4.78 is 1.41. The zero-order chi connectivity index (χ0) is 26.2. The Morgan fingerprint density at radius 1 is 0.550 bits per heavy atom. The van der Waals surface area contributed by atoms with Crippen LogP contribution in [0.2, 0.25) is 11.5 Å². The van der Waals surface area contributed by atoms with Gasteiger partial charge in [0.25, 0.3) is 0 Å². The number of allylic oxidation sites excluding steroid dienone is 2. The Morgan fingerprint density at radius 2 is 0.950 bits per heavy atom. The molecular formula is C36H36Cl2GeZr. The molecule has 0 heterocycles. The molecule has 0 saturated heterocycles. The van der Waals surface area contributed by atoms with Crippen molar-refractivity contribution >= 4 is 22.1 Å².